The summed E-state index contributed by atoms with van der Waals surface area (Å²) in [7, 11) is 0. The highest BCUT2D eigenvalue weighted by molar-refractivity contribution is 5.83. The number of nitriles is 1. The van der Waals surface area contributed by atoms with E-state index in [1.165, 1.54) is 16.3 Å². The van der Waals surface area contributed by atoms with Crippen LogP contribution in [0.1, 0.15) is 50.3 Å². The van der Waals surface area contributed by atoms with Crippen LogP contribution in [0.15, 0.2) is 60.7 Å². The Morgan fingerprint density at radius 2 is 1.89 bits per heavy atom. The number of nitrogens with one attached hydrogen (secondary N) is 1. The Hall–Kier alpha value is -3.40. The Morgan fingerprint density at radius 1 is 1.11 bits per heavy atom. The van der Waals surface area contributed by atoms with Crippen molar-refractivity contribution in [3.05, 3.63) is 77.4 Å². The van der Waals surface area contributed by atoms with Gasteiger partial charge in [0.25, 0.3) is 0 Å². The van der Waals surface area contributed by atoms with Gasteiger partial charge in [0, 0.05) is 18.5 Å². The van der Waals surface area contributed by atoms with Gasteiger partial charge in [0.15, 0.2) is 0 Å². The molecule has 3 aromatic carbocycles. The highest BCUT2D eigenvalue weighted by Gasteiger charge is 2.20. The number of carbonyl (C=O) groups excluding carboxylic acids is 1. The maximum atomic E-state index is 11.6. The van der Waals surface area contributed by atoms with E-state index in [0.717, 1.165) is 12.0 Å². The fourth-order valence-corrected chi connectivity index (χ4v) is 4.25. The number of aliphatic hydroxyl groups excluding tert-OH is 1. The lowest BCUT2D eigenvalue weighted by atomic mass is 9.93. The van der Waals surface area contributed by atoms with Crippen molar-refractivity contribution >= 4 is 16.7 Å². The van der Waals surface area contributed by atoms with Crippen molar-refractivity contribution in [1.29, 1.82) is 5.26 Å². The predicted molar refractivity (Wildman–Crippen MR) is 142 cm³/mol. The zero-order valence-corrected chi connectivity index (χ0v) is 21.4. The standard InChI is InChI=1S/C30H36N2O4/c1-4-35-29(34)14-8-12-24-11-7-13-28(27(24)19-31)36-21-26(33)20-32-30(2,3)18-22-15-16-23-9-5-6-10-25(23)17-22/h5-7,9-11,13,15-17,26,32-33H,4,8,12,14,18,20-21H2,1-3H3/t26-/m1/s1. The van der Waals surface area contributed by atoms with Crippen LogP contribution in [0.3, 0.4) is 0 Å². The second kappa shape index (κ2) is 13.1. The SMILES string of the molecule is CCOC(=O)CCCc1cccc(OC[C@H](O)CNC(C)(C)Cc2ccc3ccccc3c2)c1C#N. The number of hydrogen-bond donors (Lipinski definition) is 2. The molecule has 6 heteroatoms. The van der Waals surface area contributed by atoms with Crippen molar-refractivity contribution in [3.8, 4) is 11.8 Å². The molecule has 0 aliphatic heterocycles. The molecule has 0 aliphatic rings. The molecule has 0 aliphatic carbocycles. The summed E-state index contributed by atoms with van der Waals surface area (Å²) >= 11 is 0. The maximum Gasteiger partial charge on any atom is 0.305 e. The van der Waals surface area contributed by atoms with Crippen LogP contribution < -0.4 is 10.1 Å². The van der Waals surface area contributed by atoms with E-state index in [9.17, 15) is 15.2 Å². The largest absolute Gasteiger partial charge is 0.489 e. The number of fused-ring (bicyclic) bond motifs is 1. The van der Waals surface area contributed by atoms with Crippen LogP contribution in [-0.2, 0) is 22.4 Å². The number of carbonyl (C=O) groups is 1. The summed E-state index contributed by atoms with van der Waals surface area (Å²) in [5, 5.41) is 26.1. The van der Waals surface area contributed by atoms with Gasteiger partial charge in [-0.15, -0.1) is 0 Å². The molecule has 0 bridgehead atoms. The highest BCUT2D eigenvalue weighted by atomic mass is 16.5. The van der Waals surface area contributed by atoms with Gasteiger partial charge in [-0.3, -0.25) is 4.79 Å². The minimum Gasteiger partial charge on any atom is -0.489 e. The van der Waals surface area contributed by atoms with Crippen molar-refractivity contribution in [2.24, 2.45) is 0 Å². The van der Waals surface area contributed by atoms with Gasteiger partial charge in [-0.05, 0) is 68.0 Å². The van der Waals surface area contributed by atoms with Crippen molar-refractivity contribution < 1.29 is 19.4 Å². The number of hydrogen-bond acceptors (Lipinski definition) is 6. The van der Waals surface area contributed by atoms with Gasteiger partial charge in [-0.1, -0.05) is 54.6 Å². The minimum atomic E-state index is -0.736. The second-order valence-electron chi connectivity index (χ2n) is 9.65. The molecule has 1 atom stereocenters. The summed E-state index contributed by atoms with van der Waals surface area (Å²) in [5.74, 6) is 0.211. The van der Waals surface area contributed by atoms with Crippen molar-refractivity contribution in [2.45, 2.75) is 58.1 Å². The van der Waals surface area contributed by atoms with Crippen molar-refractivity contribution in [2.75, 3.05) is 19.8 Å². The van der Waals surface area contributed by atoms with E-state index in [0.29, 0.717) is 43.7 Å². The molecular weight excluding hydrogens is 452 g/mol. The molecule has 0 heterocycles. The smallest absolute Gasteiger partial charge is 0.305 e. The molecule has 0 aromatic heterocycles. The number of benzene rings is 3. The van der Waals surface area contributed by atoms with Gasteiger partial charge < -0.3 is 19.9 Å². The van der Waals surface area contributed by atoms with Crippen LogP contribution in [0.5, 0.6) is 5.75 Å². The third-order valence-electron chi connectivity index (χ3n) is 6.06. The Morgan fingerprint density at radius 3 is 2.64 bits per heavy atom. The van der Waals surface area contributed by atoms with E-state index in [1.54, 1.807) is 13.0 Å². The van der Waals surface area contributed by atoms with Gasteiger partial charge in [-0.25, -0.2) is 0 Å². The zero-order chi connectivity index (χ0) is 26.0. The summed E-state index contributed by atoms with van der Waals surface area (Å²) < 4.78 is 10.8. The van der Waals surface area contributed by atoms with Gasteiger partial charge >= 0.3 is 5.97 Å². The molecule has 3 rings (SSSR count). The van der Waals surface area contributed by atoms with Gasteiger partial charge in [0.2, 0.25) is 0 Å². The Bertz CT molecular complexity index is 1200. The molecule has 2 N–H and O–H groups in total. The molecule has 190 valence electrons. The normalized spacial score (nSPS) is 12.2. The maximum absolute atomic E-state index is 11.6. The van der Waals surface area contributed by atoms with Gasteiger partial charge in [0.05, 0.1) is 12.2 Å². The lowest BCUT2D eigenvalue weighted by Gasteiger charge is -2.28. The monoisotopic (exact) mass is 488 g/mol. The van der Waals surface area contributed by atoms with E-state index >= 15 is 0 Å². The van der Waals surface area contributed by atoms with E-state index in [4.69, 9.17) is 9.47 Å². The molecule has 0 radical (unpaired) electrons. The molecule has 0 spiro atoms. The predicted octanol–water partition coefficient (Wildman–Crippen LogP) is 4.95. The van der Waals surface area contributed by atoms with E-state index in [2.05, 4.69) is 55.6 Å². The number of rotatable bonds is 13. The lowest BCUT2D eigenvalue weighted by Crippen LogP contribution is -2.46. The molecular formula is C30H36N2O4. The van der Waals surface area contributed by atoms with Crippen LogP contribution in [0.2, 0.25) is 0 Å². The summed E-state index contributed by atoms with van der Waals surface area (Å²) in [6, 6.07) is 22.4. The molecule has 0 saturated carbocycles. The zero-order valence-electron chi connectivity index (χ0n) is 21.4. The molecule has 6 nitrogen and oxygen atoms in total. The highest BCUT2D eigenvalue weighted by Crippen LogP contribution is 2.24. The van der Waals surface area contributed by atoms with Gasteiger partial charge in [0.1, 0.15) is 24.5 Å². The summed E-state index contributed by atoms with van der Waals surface area (Å²) in [6.45, 7) is 6.81. The number of ether oxygens (including phenoxy) is 2. The first kappa shape index (κ1) is 27.2. The lowest BCUT2D eigenvalue weighted by molar-refractivity contribution is -0.143. The number of nitrogens with zero attached hydrogens (tertiary/aromatic N) is 1. The van der Waals surface area contributed by atoms with Gasteiger partial charge in [-0.2, -0.15) is 5.26 Å². The van der Waals surface area contributed by atoms with E-state index in [1.807, 2.05) is 24.3 Å². The van der Waals surface area contributed by atoms with Crippen LogP contribution in [0.4, 0.5) is 0 Å². The molecule has 0 saturated heterocycles. The molecule has 0 unspecified atom stereocenters. The minimum absolute atomic E-state index is 0.0695. The molecule has 0 fully saturated rings. The molecule has 36 heavy (non-hydrogen) atoms. The average Bonchev–Trinajstić information content (AvgIpc) is 2.86. The van der Waals surface area contributed by atoms with E-state index < -0.39 is 6.10 Å². The Kier molecular flexibility index (Phi) is 9.86. The fraction of sp³-hybridized carbons (Fsp3) is 0.400. The number of aryl methyl sites for hydroxylation is 1. The number of esters is 1. The quantitative estimate of drug-likeness (QED) is 0.331. The van der Waals surface area contributed by atoms with Crippen molar-refractivity contribution in [1.82, 2.24) is 5.32 Å². The third-order valence-corrected chi connectivity index (χ3v) is 6.06. The Labute approximate surface area is 213 Å². The van der Waals surface area contributed by atoms with E-state index in [-0.39, 0.29) is 18.1 Å². The summed E-state index contributed by atoms with van der Waals surface area (Å²) in [4.78, 5) is 11.6. The number of β-amino-alcohol motifs (C(OH)–C–C–N with tert-alkyl or cyclic N) is 1. The van der Waals surface area contributed by atoms with Crippen molar-refractivity contribution in [3.63, 3.8) is 0 Å². The first-order chi connectivity index (χ1) is 17.3. The third kappa shape index (κ3) is 8.08. The summed E-state index contributed by atoms with van der Waals surface area (Å²) in [5.41, 5.74) is 2.28. The van der Waals surface area contributed by atoms with Crippen LogP contribution in [0.25, 0.3) is 10.8 Å². The van der Waals surface area contributed by atoms with Crippen LogP contribution >= 0.6 is 0 Å². The average molecular weight is 489 g/mol. The van der Waals surface area contributed by atoms with Crippen LogP contribution in [-0.4, -0.2) is 42.5 Å². The fourth-order valence-electron chi connectivity index (χ4n) is 4.25. The Balaban J connectivity index is 1.50. The molecule has 0 amide bonds. The topological polar surface area (TPSA) is 91.6 Å². The number of aliphatic hydroxyl groups is 1. The first-order valence-electron chi connectivity index (χ1n) is 12.5. The summed E-state index contributed by atoms with van der Waals surface area (Å²) in [6.07, 6.45) is 1.56. The second-order valence-corrected chi connectivity index (χ2v) is 9.65. The molecule has 3 aromatic rings. The first-order valence-corrected chi connectivity index (χ1v) is 12.5. The van der Waals surface area contributed by atoms with Crippen LogP contribution in [0, 0.1) is 11.3 Å².